The zero-order valence-corrected chi connectivity index (χ0v) is 20.9. The lowest BCUT2D eigenvalue weighted by atomic mass is 9.94. The van der Waals surface area contributed by atoms with Crippen LogP contribution in [0.5, 0.6) is 0 Å². The smallest absolute Gasteiger partial charge is 0.271 e. The summed E-state index contributed by atoms with van der Waals surface area (Å²) >= 11 is 6.17. The molecule has 0 spiro atoms. The molecule has 1 atom stereocenters. The first-order valence-electron chi connectivity index (χ1n) is 11.7. The molecule has 1 aromatic heterocycles. The Morgan fingerprint density at radius 2 is 2.00 bits per heavy atom. The third kappa shape index (κ3) is 6.09. The van der Waals surface area contributed by atoms with Gasteiger partial charge in [-0.1, -0.05) is 11.6 Å². The van der Waals surface area contributed by atoms with Crippen molar-refractivity contribution in [1.29, 1.82) is 0 Å². The van der Waals surface area contributed by atoms with Gasteiger partial charge in [-0.2, -0.15) is 0 Å². The summed E-state index contributed by atoms with van der Waals surface area (Å²) in [6.07, 6.45) is 3.70. The molecular weight excluding hydrogens is 483 g/mol. The molecule has 188 valence electrons. The second-order valence-corrected chi connectivity index (χ2v) is 9.46. The predicted octanol–water partition coefficient (Wildman–Crippen LogP) is 4.69. The number of aromatic nitrogens is 2. The number of piperidine rings is 1. The molecule has 3 N–H and O–H groups in total. The number of anilines is 4. The first kappa shape index (κ1) is 25.4. The van der Waals surface area contributed by atoms with Crippen molar-refractivity contribution in [2.24, 2.45) is 11.7 Å². The van der Waals surface area contributed by atoms with Crippen molar-refractivity contribution in [3.05, 3.63) is 70.8 Å². The quantitative estimate of drug-likeness (QED) is 0.478. The van der Waals surface area contributed by atoms with E-state index in [4.69, 9.17) is 17.3 Å². The van der Waals surface area contributed by atoms with Gasteiger partial charge in [-0.05, 0) is 73.7 Å². The Labute approximate surface area is 214 Å². The molecule has 0 saturated carbocycles. The van der Waals surface area contributed by atoms with E-state index in [1.807, 2.05) is 19.1 Å². The summed E-state index contributed by atoms with van der Waals surface area (Å²) in [6, 6.07) is 11.2. The Morgan fingerprint density at radius 3 is 2.69 bits per heavy atom. The minimum absolute atomic E-state index is 0.00903. The van der Waals surface area contributed by atoms with Gasteiger partial charge in [0.1, 0.15) is 11.6 Å². The first-order valence-corrected chi connectivity index (χ1v) is 12.1. The van der Waals surface area contributed by atoms with Crippen molar-refractivity contribution < 1.29 is 14.0 Å². The normalized spacial score (nSPS) is 15.4. The van der Waals surface area contributed by atoms with E-state index in [0.717, 1.165) is 30.6 Å². The van der Waals surface area contributed by atoms with E-state index in [-0.39, 0.29) is 29.2 Å². The number of aryl methyl sites for hydroxylation is 1. The number of carbonyl (C=O) groups excluding carboxylic acids is 2. The number of benzene rings is 2. The van der Waals surface area contributed by atoms with Crippen LogP contribution in [0.4, 0.5) is 27.4 Å². The molecule has 10 heteroatoms. The number of rotatable bonds is 7. The highest BCUT2D eigenvalue weighted by atomic mass is 35.5. The third-order valence-electron chi connectivity index (χ3n) is 6.19. The molecule has 0 radical (unpaired) electrons. The number of nitrogens with one attached hydrogen (secondary N) is 1. The van der Waals surface area contributed by atoms with Crippen LogP contribution in [0.25, 0.3) is 0 Å². The van der Waals surface area contributed by atoms with E-state index in [9.17, 15) is 14.0 Å². The maximum Gasteiger partial charge on any atom is 0.271 e. The first-order chi connectivity index (χ1) is 17.2. The molecule has 1 aliphatic rings. The fraction of sp³-hybridized carbons (Fsp3) is 0.308. The molecule has 1 fully saturated rings. The van der Waals surface area contributed by atoms with E-state index in [0.29, 0.717) is 29.5 Å². The lowest BCUT2D eigenvalue weighted by molar-refractivity contribution is -0.119. The largest absolute Gasteiger partial charge is 0.364 e. The topological polar surface area (TPSA) is 104 Å². The molecule has 0 aliphatic carbocycles. The average Bonchev–Trinajstić information content (AvgIpc) is 2.84. The fourth-order valence-electron chi connectivity index (χ4n) is 4.35. The molecule has 4 rings (SSSR count). The third-order valence-corrected chi connectivity index (χ3v) is 6.41. The Balaban J connectivity index is 1.48. The molecule has 2 heterocycles. The summed E-state index contributed by atoms with van der Waals surface area (Å²) in [5.41, 5.74) is 7.78. The van der Waals surface area contributed by atoms with E-state index in [1.165, 1.54) is 30.5 Å². The molecule has 36 heavy (non-hydrogen) atoms. The average molecular weight is 511 g/mol. The van der Waals surface area contributed by atoms with Gasteiger partial charge in [-0.3, -0.25) is 9.59 Å². The zero-order valence-electron chi connectivity index (χ0n) is 20.2. The number of halogens is 2. The van der Waals surface area contributed by atoms with Gasteiger partial charge in [0.05, 0.1) is 6.20 Å². The lowest BCUT2D eigenvalue weighted by Gasteiger charge is -2.34. The van der Waals surface area contributed by atoms with E-state index in [1.54, 1.807) is 18.0 Å². The number of amides is 2. The van der Waals surface area contributed by atoms with Crippen LogP contribution < -0.4 is 20.9 Å². The summed E-state index contributed by atoms with van der Waals surface area (Å²) in [5, 5.41) is 3.60. The van der Waals surface area contributed by atoms with Crippen molar-refractivity contribution >= 4 is 46.4 Å². The number of nitrogens with zero attached hydrogens (tertiary/aromatic N) is 4. The number of carbonyl (C=O) groups is 2. The highest BCUT2D eigenvalue weighted by molar-refractivity contribution is 6.31. The van der Waals surface area contributed by atoms with E-state index < -0.39 is 5.91 Å². The van der Waals surface area contributed by atoms with Crippen LogP contribution >= 0.6 is 11.6 Å². The van der Waals surface area contributed by atoms with Gasteiger partial charge >= 0.3 is 0 Å². The molecule has 2 amide bonds. The van der Waals surface area contributed by atoms with Crippen molar-refractivity contribution in [1.82, 2.24) is 9.97 Å². The summed E-state index contributed by atoms with van der Waals surface area (Å²) < 4.78 is 13.3. The number of hydrogen-bond acceptors (Lipinski definition) is 6. The van der Waals surface area contributed by atoms with Crippen LogP contribution in [0.1, 0.15) is 35.3 Å². The van der Waals surface area contributed by atoms with Gasteiger partial charge in [-0.15, -0.1) is 0 Å². The minimum Gasteiger partial charge on any atom is -0.364 e. The van der Waals surface area contributed by atoms with Crippen molar-refractivity contribution in [2.45, 2.75) is 26.2 Å². The standard InChI is InChI=1S/C26H28ClFN6O2/c1-16-10-18(27)13-21(11-16)33(2)23(35)12-17-4-3-9-34(15-17)22-14-30-24(25(29)36)26(32-22)31-20-7-5-19(28)6-8-20/h5-8,10-11,13-14,17H,3-4,9,12,15H2,1-2H3,(H2,29,36)(H,31,32)/t17-/m0/s1. The van der Waals surface area contributed by atoms with E-state index in [2.05, 4.69) is 20.2 Å². The van der Waals surface area contributed by atoms with Crippen molar-refractivity contribution in [3.8, 4) is 0 Å². The monoisotopic (exact) mass is 510 g/mol. The SMILES string of the molecule is Cc1cc(Cl)cc(N(C)C(=O)C[C@@H]2CCCN(c3cnc(C(N)=O)c(Nc4ccc(F)cc4)n3)C2)c1. The second kappa shape index (κ2) is 10.9. The molecule has 1 saturated heterocycles. The lowest BCUT2D eigenvalue weighted by Crippen LogP contribution is -2.39. The van der Waals surface area contributed by atoms with Gasteiger partial charge in [-0.25, -0.2) is 14.4 Å². The summed E-state index contributed by atoms with van der Waals surface area (Å²) in [4.78, 5) is 37.5. The zero-order chi connectivity index (χ0) is 25.8. The molecular formula is C26H28ClFN6O2. The van der Waals surface area contributed by atoms with Crippen molar-refractivity contribution in [2.75, 3.05) is 35.3 Å². The van der Waals surface area contributed by atoms with Crippen LogP contribution in [0, 0.1) is 18.7 Å². The minimum atomic E-state index is -0.722. The van der Waals surface area contributed by atoms with Gasteiger partial charge in [0, 0.05) is 43.0 Å². The number of primary amides is 1. The Kier molecular flexibility index (Phi) is 7.69. The molecule has 0 unspecified atom stereocenters. The number of hydrogen-bond donors (Lipinski definition) is 2. The van der Waals surface area contributed by atoms with Crippen LogP contribution in [-0.4, -0.2) is 41.9 Å². The van der Waals surface area contributed by atoms with Crippen molar-refractivity contribution in [3.63, 3.8) is 0 Å². The molecule has 2 aromatic carbocycles. The second-order valence-electron chi connectivity index (χ2n) is 9.02. The number of nitrogens with two attached hydrogens (primary N) is 1. The fourth-order valence-corrected chi connectivity index (χ4v) is 4.63. The van der Waals surface area contributed by atoms with Crippen LogP contribution in [0.2, 0.25) is 5.02 Å². The Morgan fingerprint density at radius 1 is 1.25 bits per heavy atom. The van der Waals surface area contributed by atoms with E-state index >= 15 is 0 Å². The van der Waals surface area contributed by atoms with Gasteiger partial charge in [0.15, 0.2) is 11.5 Å². The molecule has 1 aliphatic heterocycles. The summed E-state index contributed by atoms with van der Waals surface area (Å²) in [5.74, 6) is -0.195. The highest BCUT2D eigenvalue weighted by Crippen LogP contribution is 2.28. The maximum absolute atomic E-state index is 13.3. The van der Waals surface area contributed by atoms with Gasteiger partial charge in [0.25, 0.3) is 5.91 Å². The van der Waals surface area contributed by atoms with Crippen LogP contribution in [-0.2, 0) is 4.79 Å². The van der Waals surface area contributed by atoms with Gasteiger partial charge in [0.2, 0.25) is 5.91 Å². The maximum atomic E-state index is 13.3. The predicted molar refractivity (Wildman–Crippen MR) is 139 cm³/mol. The molecule has 8 nitrogen and oxygen atoms in total. The summed E-state index contributed by atoms with van der Waals surface area (Å²) in [6.45, 7) is 3.31. The Bertz CT molecular complexity index is 1250. The Hall–Kier alpha value is -3.72. The van der Waals surface area contributed by atoms with Gasteiger partial charge < -0.3 is 20.9 Å². The molecule has 3 aromatic rings. The highest BCUT2D eigenvalue weighted by Gasteiger charge is 2.26. The van der Waals surface area contributed by atoms with Crippen LogP contribution in [0.3, 0.4) is 0 Å². The molecule has 0 bridgehead atoms. The van der Waals surface area contributed by atoms with Crippen LogP contribution in [0.15, 0.2) is 48.7 Å². The summed E-state index contributed by atoms with van der Waals surface area (Å²) in [7, 11) is 1.76.